The summed E-state index contributed by atoms with van der Waals surface area (Å²) in [5, 5.41) is 0. The van der Waals surface area contributed by atoms with Crippen molar-refractivity contribution in [3.05, 3.63) is 58.7 Å². The van der Waals surface area contributed by atoms with Gasteiger partial charge >= 0.3 is 153 Å². The summed E-state index contributed by atoms with van der Waals surface area (Å²) in [5.74, 6) is 2.03. The molecule has 25 heavy (non-hydrogen) atoms. The van der Waals surface area contributed by atoms with Crippen LogP contribution in [-0.2, 0) is 49.8 Å². The third kappa shape index (κ3) is 6.96. The van der Waals surface area contributed by atoms with Gasteiger partial charge in [0.25, 0.3) is 0 Å². The van der Waals surface area contributed by atoms with Gasteiger partial charge in [0.15, 0.2) is 0 Å². The Labute approximate surface area is 177 Å². The Morgan fingerprint density at radius 1 is 0.640 bits per heavy atom. The first-order chi connectivity index (χ1) is 11.2. The Hall–Kier alpha value is -0.497. The van der Waals surface area contributed by atoms with E-state index in [4.69, 9.17) is 5.63 Å². The Balaban J connectivity index is 0.00000288. The third-order valence-corrected chi connectivity index (χ3v) is 5.64. The molecule has 0 saturated heterocycles. The fraction of sp³-hybridized carbons (Fsp3) is 0.400. The van der Waals surface area contributed by atoms with Crippen LogP contribution in [0.25, 0.3) is 0 Å². The van der Waals surface area contributed by atoms with E-state index in [0.29, 0.717) is 0 Å². The Kier molecular flexibility index (Phi) is 12.5. The van der Waals surface area contributed by atoms with Gasteiger partial charge in [-0.3, -0.25) is 0 Å². The van der Waals surface area contributed by atoms with Gasteiger partial charge in [-0.25, -0.2) is 0 Å². The molecule has 0 aliphatic heterocycles. The minimum Gasteiger partial charge on any atom is -1.00 e. The maximum atomic E-state index is 6.10. The number of hydrogen-bond acceptors (Lipinski definition) is 2. The van der Waals surface area contributed by atoms with Crippen molar-refractivity contribution in [1.29, 1.82) is 0 Å². The maximum absolute atomic E-state index is 6.10. The van der Waals surface area contributed by atoms with E-state index in [1.54, 1.807) is 0 Å². The summed E-state index contributed by atoms with van der Waals surface area (Å²) in [4.78, 5) is 0. The molecule has 0 fully saturated rings. The van der Waals surface area contributed by atoms with Gasteiger partial charge in [-0.1, -0.05) is 0 Å². The number of aryl methyl sites for hydroxylation is 4. The first kappa shape index (κ1) is 24.5. The van der Waals surface area contributed by atoms with Crippen molar-refractivity contribution in [3.63, 3.8) is 0 Å². The first-order valence-electron chi connectivity index (χ1n) is 8.54. The average Bonchev–Trinajstić information content (AvgIpc) is 2.61. The van der Waals surface area contributed by atoms with Gasteiger partial charge in [-0.15, -0.1) is 0 Å². The van der Waals surface area contributed by atoms with E-state index < -0.39 is 24.1 Å². The number of rotatable bonds is 8. The molecule has 0 amide bonds. The largest absolute Gasteiger partial charge is 1.00 e. The summed E-state index contributed by atoms with van der Waals surface area (Å²) < 4.78 is 12.2. The fourth-order valence-corrected chi connectivity index (χ4v) is 4.00. The van der Waals surface area contributed by atoms with Crippen molar-refractivity contribution in [2.45, 2.75) is 53.4 Å². The number of hydrogen-bond donors (Lipinski definition) is 0. The number of halogens is 2. The van der Waals surface area contributed by atoms with Crippen molar-refractivity contribution in [1.82, 2.24) is 0 Å². The zero-order valence-electron chi connectivity index (χ0n) is 15.4. The van der Waals surface area contributed by atoms with E-state index in [1.165, 1.54) is 22.3 Å². The second-order valence-corrected chi connectivity index (χ2v) is 7.00. The number of benzene rings is 2. The summed E-state index contributed by atoms with van der Waals surface area (Å²) in [5.41, 5.74) is 5.17. The van der Waals surface area contributed by atoms with Gasteiger partial charge in [-0.05, 0) is 0 Å². The predicted molar refractivity (Wildman–Crippen MR) is 91.7 cm³/mol. The Morgan fingerprint density at radius 2 is 1.04 bits per heavy atom. The molecule has 2 aromatic carbocycles. The zero-order valence-corrected chi connectivity index (χ0v) is 19.3. The van der Waals surface area contributed by atoms with Gasteiger partial charge in [0.05, 0.1) is 0 Å². The van der Waals surface area contributed by atoms with Gasteiger partial charge in [0.2, 0.25) is 0 Å². The summed E-state index contributed by atoms with van der Waals surface area (Å²) in [7, 11) is 0. The van der Waals surface area contributed by atoms with E-state index >= 15 is 0 Å². The smallest absolute Gasteiger partial charge is 1.00 e. The van der Waals surface area contributed by atoms with E-state index in [2.05, 4.69) is 64.1 Å². The zero-order chi connectivity index (χ0) is 16.7. The molecule has 0 aliphatic rings. The monoisotopic (exact) mass is 458 g/mol. The van der Waals surface area contributed by atoms with Crippen LogP contribution in [0.5, 0.6) is 11.5 Å². The molecule has 5 heteroatoms. The molecule has 0 unspecified atom stereocenters. The van der Waals surface area contributed by atoms with Gasteiger partial charge < -0.3 is 24.8 Å². The molecule has 0 atom stereocenters. The second-order valence-electron chi connectivity index (χ2n) is 5.59. The average molecular weight is 461 g/mol. The van der Waals surface area contributed by atoms with E-state index in [0.717, 1.165) is 37.2 Å². The van der Waals surface area contributed by atoms with Crippen LogP contribution in [-0.4, -0.2) is 0 Å². The quantitative estimate of drug-likeness (QED) is 0.520. The van der Waals surface area contributed by atoms with Gasteiger partial charge in [-0.2, -0.15) is 0 Å². The van der Waals surface area contributed by atoms with Gasteiger partial charge in [0.1, 0.15) is 0 Å². The van der Waals surface area contributed by atoms with Crippen LogP contribution < -0.4 is 30.4 Å². The molecule has 0 aliphatic carbocycles. The van der Waals surface area contributed by atoms with Crippen molar-refractivity contribution in [2.24, 2.45) is 0 Å². The topological polar surface area (TPSA) is 18.5 Å². The minimum absolute atomic E-state index is 0. The maximum Gasteiger partial charge on any atom is -1.00 e. The van der Waals surface area contributed by atoms with E-state index in [1.807, 2.05) is 0 Å². The summed E-state index contributed by atoms with van der Waals surface area (Å²) in [6, 6.07) is 13.1. The van der Waals surface area contributed by atoms with Crippen molar-refractivity contribution in [2.75, 3.05) is 0 Å². The normalized spacial score (nSPS) is 9.44. The molecule has 0 bridgehead atoms. The van der Waals surface area contributed by atoms with Crippen molar-refractivity contribution in [3.8, 4) is 11.5 Å². The third-order valence-electron chi connectivity index (χ3n) is 4.14. The Bertz CT molecular complexity index is 592. The fourth-order valence-electron chi connectivity index (χ4n) is 2.52. The molecule has 0 N–H and O–H groups in total. The molecule has 2 nitrogen and oxygen atoms in total. The van der Waals surface area contributed by atoms with Crippen LogP contribution in [0.1, 0.15) is 49.9 Å². The molecule has 0 heterocycles. The Morgan fingerprint density at radius 3 is 1.36 bits per heavy atom. The van der Waals surface area contributed by atoms with Crippen LogP contribution in [0.2, 0.25) is 0 Å². The minimum atomic E-state index is -1.40. The first-order valence-corrected chi connectivity index (χ1v) is 10.5. The molecule has 2 rings (SSSR count). The van der Waals surface area contributed by atoms with Crippen LogP contribution in [0.4, 0.5) is 0 Å². The van der Waals surface area contributed by atoms with Crippen LogP contribution in [0.3, 0.4) is 0 Å². The summed E-state index contributed by atoms with van der Waals surface area (Å²) in [6.45, 7) is 8.68. The van der Waals surface area contributed by atoms with Crippen LogP contribution in [0.15, 0.2) is 36.4 Å². The van der Waals surface area contributed by atoms with Gasteiger partial charge in [0, 0.05) is 0 Å². The summed E-state index contributed by atoms with van der Waals surface area (Å²) >= 11 is -1.40. The molecule has 0 spiro atoms. The molecule has 0 radical (unpaired) electrons. The summed E-state index contributed by atoms with van der Waals surface area (Å²) in [6.07, 6.45) is 4.05. The molecule has 0 saturated carbocycles. The van der Waals surface area contributed by atoms with Crippen molar-refractivity contribution < 1.29 is 54.6 Å². The van der Waals surface area contributed by atoms with E-state index in [9.17, 15) is 0 Å². The molecular weight excluding hydrogens is 434 g/mol. The van der Waals surface area contributed by atoms with Crippen LogP contribution in [0, 0.1) is 0 Å². The van der Waals surface area contributed by atoms with Crippen LogP contribution >= 0.6 is 0 Å². The molecule has 0 aromatic heterocycles. The second kappa shape index (κ2) is 12.8. The molecule has 2 aromatic rings. The SMILES string of the molecule is CCc1ccc(CC)c([O][Zr+2][O]c2cc(CC)ccc2CC)c1.[Cl-].[Cl-]. The standard InChI is InChI=1S/2C10H14O.2ClH.Zr/c2*1-3-8-5-6-9(4-2)10(11)7-8;;;/h2*5-7,11H,3-4H2,1-2H3;2*1H;/q;;;;+4/p-4. The molecular formula is C20H26Cl2O2Zr. The van der Waals surface area contributed by atoms with Crippen molar-refractivity contribution >= 4 is 0 Å². The predicted octanol–water partition coefficient (Wildman–Crippen LogP) is -0.685. The molecule has 136 valence electrons. The van der Waals surface area contributed by atoms with E-state index in [-0.39, 0.29) is 24.8 Å².